The normalized spacial score (nSPS) is 14.4. The number of carbonyl (C=O) groups excluding carboxylic acids is 4. The summed E-state index contributed by atoms with van der Waals surface area (Å²) in [5.41, 5.74) is 0.635. The minimum absolute atomic E-state index is 0.0252. The fourth-order valence-electron chi connectivity index (χ4n) is 3.08. The topological polar surface area (TPSA) is 111 Å². The number of alkyl halides is 2. The number of methoxy groups -OCH3 is 1. The van der Waals surface area contributed by atoms with Crippen LogP contribution in [0.2, 0.25) is 5.02 Å². The number of carbonyl (C=O) groups is 4. The maximum absolute atomic E-state index is 12.8. The van der Waals surface area contributed by atoms with Crippen LogP contribution in [0.4, 0.5) is 19.3 Å². The molecular weight excluding hydrogens is 522 g/mol. The number of thioether (sulfide) groups is 1. The van der Waals surface area contributed by atoms with Crippen molar-refractivity contribution in [1.82, 2.24) is 4.90 Å². The predicted octanol–water partition coefficient (Wildman–Crippen LogP) is 4.80. The number of hydrogen-bond acceptors (Lipinski definition) is 8. The molecule has 1 N–H and O–H groups in total. The summed E-state index contributed by atoms with van der Waals surface area (Å²) in [7, 11) is 1.18. The van der Waals surface area contributed by atoms with Gasteiger partial charge in [0, 0.05) is 5.69 Å². The number of nitrogens with one attached hydrogen (secondary N) is 1. The number of nitrogens with zero attached hydrogens (tertiary/aromatic N) is 1. The highest BCUT2D eigenvalue weighted by Gasteiger charge is 2.36. The van der Waals surface area contributed by atoms with Crippen LogP contribution in [-0.4, -0.2) is 54.8 Å². The summed E-state index contributed by atoms with van der Waals surface area (Å²) < 4.78 is 39.5. The van der Waals surface area contributed by atoms with Crippen molar-refractivity contribution in [2.75, 3.05) is 25.6 Å². The minimum Gasteiger partial charge on any atom is -0.490 e. The van der Waals surface area contributed by atoms with Crippen LogP contribution in [0, 0.1) is 0 Å². The number of anilines is 1. The maximum atomic E-state index is 12.8. The van der Waals surface area contributed by atoms with Crippen LogP contribution in [0.5, 0.6) is 11.5 Å². The average molecular weight is 541 g/mol. The van der Waals surface area contributed by atoms with Crippen molar-refractivity contribution in [2.24, 2.45) is 0 Å². The van der Waals surface area contributed by atoms with Crippen molar-refractivity contribution in [1.29, 1.82) is 0 Å². The van der Waals surface area contributed by atoms with E-state index >= 15 is 0 Å². The number of imide groups is 1. The molecule has 13 heteroatoms. The Morgan fingerprint density at radius 1 is 1.17 bits per heavy atom. The van der Waals surface area contributed by atoms with Crippen LogP contribution in [0.25, 0.3) is 6.08 Å². The average Bonchev–Trinajstić information content (AvgIpc) is 3.08. The third kappa shape index (κ3) is 6.52. The number of halogens is 3. The molecule has 1 aliphatic rings. The van der Waals surface area contributed by atoms with E-state index in [1.165, 1.54) is 49.6 Å². The molecular formula is C23H19ClF2N2O7S. The van der Waals surface area contributed by atoms with Crippen LogP contribution < -0.4 is 14.8 Å². The lowest BCUT2D eigenvalue weighted by atomic mass is 10.2. The highest BCUT2D eigenvalue weighted by atomic mass is 35.5. The monoisotopic (exact) mass is 540 g/mol. The largest absolute Gasteiger partial charge is 0.490 e. The molecule has 0 unspecified atom stereocenters. The standard InChI is InChI=1S/C23H19ClF2N2O7S/c1-3-34-17-8-12(4-7-16(17)35-22(25)26)9-18-20(30)28(23(32)36-18)11-19(29)27-13-5-6-15(24)14(10-13)21(31)33-2/h4-10,22H,3,11H2,1-2H3,(H,27,29)/b18-9-. The Hall–Kier alpha value is -3.64. The summed E-state index contributed by atoms with van der Waals surface area (Å²) in [5.74, 6) is -2.24. The first-order valence-corrected chi connectivity index (χ1v) is 11.5. The summed E-state index contributed by atoms with van der Waals surface area (Å²) in [6, 6.07) is 8.20. The maximum Gasteiger partial charge on any atom is 0.387 e. The van der Waals surface area contributed by atoms with Gasteiger partial charge in [-0.15, -0.1) is 0 Å². The Kier molecular flexibility index (Phi) is 8.88. The summed E-state index contributed by atoms with van der Waals surface area (Å²) in [4.78, 5) is 50.2. The quantitative estimate of drug-likeness (QED) is 0.356. The smallest absolute Gasteiger partial charge is 0.387 e. The molecule has 0 aliphatic carbocycles. The van der Waals surface area contributed by atoms with Gasteiger partial charge in [0.25, 0.3) is 11.1 Å². The molecule has 3 amide bonds. The summed E-state index contributed by atoms with van der Waals surface area (Å²) in [5, 5.41) is 1.94. The van der Waals surface area contributed by atoms with Gasteiger partial charge >= 0.3 is 12.6 Å². The highest BCUT2D eigenvalue weighted by Crippen LogP contribution is 2.35. The first-order chi connectivity index (χ1) is 17.1. The molecule has 1 aliphatic heterocycles. The van der Waals surface area contributed by atoms with Gasteiger partial charge in [-0.3, -0.25) is 19.3 Å². The first-order valence-electron chi connectivity index (χ1n) is 10.3. The molecule has 0 saturated carbocycles. The van der Waals surface area contributed by atoms with E-state index in [0.29, 0.717) is 17.3 Å². The molecule has 0 spiro atoms. The van der Waals surface area contributed by atoms with Gasteiger partial charge in [0.1, 0.15) is 6.54 Å². The molecule has 0 radical (unpaired) electrons. The Balaban J connectivity index is 1.73. The molecule has 0 bridgehead atoms. The Labute approximate surface area is 213 Å². The Bertz CT molecular complexity index is 1240. The highest BCUT2D eigenvalue weighted by molar-refractivity contribution is 8.18. The lowest BCUT2D eigenvalue weighted by Gasteiger charge is -2.13. The van der Waals surface area contributed by atoms with Crippen molar-refractivity contribution < 1.29 is 42.2 Å². The van der Waals surface area contributed by atoms with Gasteiger partial charge in [-0.1, -0.05) is 17.7 Å². The van der Waals surface area contributed by atoms with E-state index in [4.69, 9.17) is 16.3 Å². The van der Waals surface area contributed by atoms with Crippen molar-refractivity contribution in [3.05, 3.63) is 57.5 Å². The molecule has 9 nitrogen and oxygen atoms in total. The van der Waals surface area contributed by atoms with Gasteiger partial charge in [-0.25, -0.2) is 4.79 Å². The van der Waals surface area contributed by atoms with Crippen molar-refractivity contribution in [2.45, 2.75) is 13.5 Å². The molecule has 190 valence electrons. The molecule has 0 aromatic heterocycles. The molecule has 0 atom stereocenters. The SMILES string of the molecule is CCOc1cc(/C=C2\SC(=O)N(CC(=O)Nc3ccc(Cl)c(C(=O)OC)c3)C2=O)ccc1OC(F)F. The van der Waals surface area contributed by atoms with E-state index in [1.807, 2.05) is 0 Å². The molecule has 1 fully saturated rings. The predicted molar refractivity (Wildman–Crippen MR) is 128 cm³/mol. The number of esters is 1. The van der Waals surface area contributed by atoms with E-state index < -0.39 is 36.2 Å². The number of rotatable bonds is 9. The summed E-state index contributed by atoms with van der Waals surface area (Å²) in [6.45, 7) is -1.78. The molecule has 3 rings (SSSR count). The zero-order chi connectivity index (χ0) is 26.4. The van der Waals surface area contributed by atoms with E-state index in [0.717, 1.165) is 4.90 Å². The fraction of sp³-hybridized carbons (Fsp3) is 0.217. The lowest BCUT2D eigenvalue weighted by molar-refractivity contribution is -0.127. The second-order valence-corrected chi connectivity index (χ2v) is 8.42. The molecule has 1 saturated heterocycles. The summed E-state index contributed by atoms with van der Waals surface area (Å²) in [6.07, 6.45) is 1.37. The zero-order valence-corrected chi connectivity index (χ0v) is 20.5. The van der Waals surface area contributed by atoms with E-state index in [2.05, 4.69) is 14.8 Å². The van der Waals surface area contributed by atoms with Gasteiger partial charge in [0.05, 0.1) is 29.2 Å². The first kappa shape index (κ1) is 27.0. The van der Waals surface area contributed by atoms with Crippen LogP contribution in [0.1, 0.15) is 22.8 Å². The molecule has 36 heavy (non-hydrogen) atoms. The Morgan fingerprint density at radius 3 is 2.58 bits per heavy atom. The molecule has 2 aromatic carbocycles. The Morgan fingerprint density at radius 2 is 1.92 bits per heavy atom. The molecule has 2 aromatic rings. The van der Waals surface area contributed by atoms with Crippen molar-refractivity contribution in [3.8, 4) is 11.5 Å². The number of ether oxygens (including phenoxy) is 3. The molecule has 1 heterocycles. The van der Waals surface area contributed by atoms with Gasteiger partial charge < -0.3 is 19.5 Å². The van der Waals surface area contributed by atoms with E-state index in [1.54, 1.807) is 6.92 Å². The van der Waals surface area contributed by atoms with E-state index in [9.17, 15) is 28.0 Å². The van der Waals surface area contributed by atoms with Crippen LogP contribution in [0.15, 0.2) is 41.3 Å². The van der Waals surface area contributed by atoms with Gasteiger partial charge in [0.15, 0.2) is 11.5 Å². The van der Waals surface area contributed by atoms with Crippen LogP contribution >= 0.6 is 23.4 Å². The minimum atomic E-state index is -3.04. The van der Waals surface area contributed by atoms with Crippen LogP contribution in [-0.2, 0) is 14.3 Å². The van der Waals surface area contributed by atoms with Gasteiger partial charge in [0.2, 0.25) is 5.91 Å². The number of benzene rings is 2. The second kappa shape index (κ2) is 11.9. The van der Waals surface area contributed by atoms with Crippen molar-refractivity contribution in [3.63, 3.8) is 0 Å². The third-order valence-electron chi connectivity index (χ3n) is 4.61. The number of hydrogen-bond donors (Lipinski definition) is 1. The lowest BCUT2D eigenvalue weighted by Crippen LogP contribution is -2.36. The summed E-state index contributed by atoms with van der Waals surface area (Å²) >= 11 is 6.57. The van der Waals surface area contributed by atoms with Gasteiger partial charge in [-0.2, -0.15) is 8.78 Å². The number of amides is 3. The second-order valence-electron chi connectivity index (χ2n) is 7.02. The van der Waals surface area contributed by atoms with Crippen molar-refractivity contribution >= 4 is 58.1 Å². The van der Waals surface area contributed by atoms with E-state index in [-0.39, 0.29) is 39.3 Å². The zero-order valence-electron chi connectivity index (χ0n) is 18.9. The van der Waals surface area contributed by atoms with Crippen LogP contribution in [0.3, 0.4) is 0 Å². The fourth-order valence-corrected chi connectivity index (χ4v) is 4.11. The van der Waals surface area contributed by atoms with Gasteiger partial charge in [-0.05, 0) is 60.7 Å². The third-order valence-corrected chi connectivity index (χ3v) is 5.85.